The Bertz CT molecular complexity index is 696. The van der Waals surface area contributed by atoms with Crippen molar-refractivity contribution < 1.29 is 17.9 Å². The molecule has 0 radical (unpaired) electrons. The molecule has 2 aliphatic rings. The summed E-state index contributed by atoms with van der Waals surface area (Å²) in [4.78, 5) is 14.9. The first kappa shape index (κ1) is 18.2. The summed E-state index contributed by atoms with van der Waals surface area (Å²) in [7, 11) is -2.03. The fourth-order valence-electron chi connectivity index (χ4n) is 3.63. The predicted molar refractivity (Wildman–Crippen MR) is 94.9 cm³/mol. The van der Waals surface area contributed by atoms with E-state index in [9.17, 15) is 13.2 Å². The zero-order valence-electron chi connectivity index (χ0n) is 14.7. The summed E-state index contributed by atoms with van der Waals surface area (Å²) < 4.78 is 32.3. The summed E-state index contributed by atoms with van der Waals surface area (Å²) in [5.74, 6) is 0.518. The Morgan fingerprint density at radius 2 is 1.72 bits per heavy atom. The number of benzene rings is 1. The van der Waals surface area contributed by atoms with E-state index in [4.69, 9.17) is 4.74 Å². The molecule has 0 spiro atoms. The van der Waals surface area contributed by atoms with Crippen LogP contribution in [-0.4, -0.2) is 56.8 Å². The zero-order valence-corrected chi connectivity index (χ0v) is 15.5. The van der Waals surface area contributed by atoms with E-state index in [0.717, 1.165) is 38.8 Å². The number of piperidine rings is 2. The van der Waals surface area contributed by atoms with Crippen molar-refractivity contribution in [3.05, 3.63) is 24.3 Å². The second-order valence-electron chi connectivity index (χ2n) is 6.76. The lowest BCUT2D eigenvalue weighted by Crippen LogP contribution is -2.47. The highest BCUT2D eigenvalue weighted by Crippen LogP contribution is 2.26. The summed E-state index contributed by atoms with van der Waals surface area (Å²) in [6.07, 6.45) is 4.76. The number of carbonyl (C=O) groups excluding carboxylic acids is 1. The maximum Gasteiger partial charge on any atom is 0.243 e. The van der Waals surface area contributed by atoms with Crippen molar-refractivity contribution in [2.45, 2.75) is 37.0 Å². The molecule has 2 fully saturated rings. The van der Waals surface area contributed by atoms with Crippen LogP contribution in [0.25, 0.3) is 0 Å². The molecule has 0 unspecified atom stereocenters. The number of ether oxygens (including phenoxy) is 1. The third-order valence-electron chi connectivity index (χ3n) is 5.10. The number of carbonyl (C=O) groups is 1. The number of rotatable bonds is 4. The Balaban J connectivity index is 1.71. The Kier molecular flexibility index (Phi) is 5.64. The fourth-order valence-corrected chi connectivity index (χ4v) is 5.16. The lowest BCUT2D eigenvalue weighted by molar-refractivity contribution is -0.137. The first-order valence-electron chi connectivity index (χ1n) is 8.95. The van der Waals surface area contributed by atoms with Crippen molar-refractivity contribution in [2.24, 2.45) is 5.92 Å². The molecule has 2 saturated heterocycles. The molecule has 25 heavy (non-hydrogen) atoms. The van der Waals surface area contributed by atoms with Gasteiger partial charge in [0.25, 0.3) is 0 Å². The maximum atomic E-state index is 12.9. The second-order valence-corrected chi connectivity index (χ2v) is 8.70. The van der Waals surface area contributed by atoms with Gasteiger partial charge in [-0.1, -0.05) is 0 Å². The lowest BCUT2D eigenvalue weighted by atomic mass is 9.97. The largest absolute Gasteiger partial charge is 0.497 e. The number of amides is 1. The Morgan fingerprint density at radius 3 is 2.36 bits per heavy atom. The number of methoxy groups -OCH3 is 1. The van der Waals surface area contributed by atoms with Crippen LogP contribution >= 0.6 is 0 Å². The molecule has 0 aromatic heterocycles. The van der Waals surface area contributed by atoms with Gasteiger partial charge in [-0.2, -0.15) is 4.31 Å². The molecule has 2 aliphatic heterocycles. The van der Waals surface area contributed by atoms with Crippen molar-refractivity contribution in [3.8, 4) is 5.75 Å². The first-order chi connectivity index (χ1) is 12.0. The van der Waals surface area contributed by atoms with Crippen LogP contribution in [0, 0.1) is 5.92 Å². The lowest BCUT2D eigenvalue weighted by Gasteiger charge is -2.35. The van der Waals surface area contributed by atoms with Crippen LogP contribution in [0.2, 0.25) is 0 Å². The molecule has 1 atom stereocenters. The van der Waals surface area contributed by atoms with Crippen molar-refractivity contribution in [1.29, 1.82) is 0 Å². The number of hydrogen-bond acceptors (Lipinski definition) is 4. The van der Waals surface area contributed by atoms with Gasteiger partial charge in [-0.15, -0.1) is 0 Å². The second kappa shape index (κ2) is 7.74. The van der Waals surface area contributed by atoms with Crippen LogP contribution < -0.4 is 4.74 Å². The van der Waals surface area contributed by atoms with E-state index in [2.05, 4.69) is 0 Å². The topological polar surface area (TPSA) is 66.9 Å². The summed E-state index contributed by atoms with van der Waals surface area (Å²) in [5.41, 5.74) is 0. The summed E-state index contributed by atoms with van der Waals surface area (Å²) >= 11 is 0. The van der Waals surface area contributed by atoms with Crippen LogP contribution in [-0.2, 0) is 14.8 Å². The van der Waals surface area contributed by atoms with Gasteiger partial charge in [0, 0.05) is 26.2 Å². The highest BCUT2D eigenvalue weighted by atomic mass is 32.2. The minimum absolute atomic E-state index is 0.120. The molecule has 2 heterocycles. The van der Waals surface area contributed by atoms with Crippen LogP contribution in [0.15, 0.2) is 29.2 Å². The normalized spacial score (nSPS) is 22.6. The van der Waals surface area contributed by atoms with Crippen molar-refractivity contribution in [1.82, 2.24) is 9.21 Å². The molecule has 138 valence electrons. The van der Waals surface area contributed by atoms with Gasteiger partial charge >= 0.3 is 0 Å². The monoisotopic (exact) mass is 366 g/mol. The number of likely N-dealkylation sites (tertiary alicyclic amines) is 1. The van der Waals surface area contributed by atoms with Gasteiger partial charge in [-0.05, 0) is 56.4 Å². The van der Waals surface area contributed by atoms with Gasteiger partial charge in [0.15, 0.2) is 0 Å². The van der Waals surface area contributed by atoms with E-state index in [-0.39, 0.29) is 23.3 Å². The van der Waals surface area contributed by atoms with E-state index in [1.807, 2.05) is 4.90 Å². The third-order valence-corrected chi connectivity index (χ3v) is 6.98. The van der Waals surface area contributed by atoms with Gasteiger partial charge in [0.2, 0.25) is 15.9 Å². The molecule has 1 aromatic carbocycles. The molecule has 0 bridgehead atoms. The Hall–Kier alpha value is -1.60. The van der Waals surface area contributed by atoms with Gasteiger partial charge in [0.05, 0.1) is 17.9 Å². The van der Waals surface area contributed by atoms with Gasteiger partial charge < -0.3 is 9.64 Å². The number of hydrogen-bond donors (Lipinski definition) is 0. The smallest absolute Gasteiger partial charge is 0.243 e. The van der Waals surface area contributed by atoms with Crippen molar-refractivity contribution in [3.63, 3.8) is 0 Å². The zero-order chi connectivity index (χ0) is 17.9. The minimum Gasteiger partial charge on any atom is -0.497 e. The fraction of sp³-hybridized carbons (Fsp3) is 0.611. The molecule has 1 aromatic rings. The van der Waals surface area contributed by atoms with E-state index in [1.54, 1.807) is 31.4 Å². The summed E-state index contributed by atoms with van der Waals surface area (Å²) in [6.45, 7) is 2.36. The average molecular weight is 366 g/mol. The molecule has 1 amide bonds. The SMILES string of the molecule is COc1ccc(S(=O)(=O)N2CCC[C@H](C(=O)N3CCCCC3)C2)cc1. The highest BCUT2D eigenvalue weighted by molar-refractivity contribution is 7.89. The van der Waals surface area contributed by atoms with Crippen molar-refractivity contribution in [2.75, 3.05) is 33.3 Å². The Labute approximate surface area is 149 Å². The molecular weight excluding hydrogens is 340 g/mol. The molecule has 0 aliphatic carbocycles. The Morgan fingerprint density at radius 1 is 1.04 bits per heavy atom. The summed E-state index contributed by atoms with van der Waals surface area (Å²) in [5, 5.41) is 0. The first-order valence-corrected chi connectivity index (χ1v) is 10.4. The highest BCUT2D eigenvalue weighted by Gasteiger charge is 2.35. The van der Waals surface area contributed by atoms with Crippen molar-refractivity contribution >= 4 is 15.9 Å². The maximum absolute atomic E-state index is 12.9. The summed E-state index contributed by atoms with van der Waals surface area (Å²) in [6, 6.07) is 6.41. The van der Waals surface area contributed by atoms with Crippen LogP contribution in [0.1, 0.15) is 32.1 Å². The number of nitrogens with zero attached hydrogens (tertiary/aromatic N) is 2. The van der Waals surface area contributed by atoms with Gasteiger partial charge in [-0.25, -0.2) is 8.42 Å². The van der Waals surface area contributed by atoms with Crippen LogP contribution in [0.3, 0.4) is 0 Å². The quantitative estimate of drug-likeness (QED) is 0.819. The van der Waals surface area contributed by atoms with Crippen LogP contribution in [0.4, 0.5) is 0 Å². The molecular formula is C18H26N2O4S. The van der Waals surface area contributed by atoms with Gasteiger partial charge in [-0.3, -0.25) is 4.79 Å². The number of sulfonamides is 1. The minimum atomic E-state index is -3.58. The van der Waals surface area contributed by atoms with E-state index < -0.39 is 10.0 Å². The molecule has 6 nitrogen and oxygen atoms in total. The molecule has 0 N–H and O–H groups in total. The van der Waals surface area contributed by atoms with E-state index >= 15 is 0 Å². The van der Waals surface area contributed by atoms with Gasteiger partial charge in [0.1, 0.15) is 5.75 Å². The standard InChI is InChI=1S/C18H26N2O4S/c1-24-16-7-9-17(10-8-16)25(22,23)20-13-5-6-15(14-20)18(21)19-11-3-2-4-12-19/h7-10,15H,2-6,11-14H2,1H3/t15-/m0/s1. The van der Waals surface area contributed by atoms with E-state index in [0.29, 0.717) is 12.3 Å². The van der Waals surface area contributed by atoms with Crippen LogP contribution in [0.5, 0.6) is 5.75 Å². The average Bonchev–Trinajstić information content (AvgIpc) is 2.68. The molecule has 3 rings (SSSR count). The van der Waals surface area contributed by atoms with E-state index in [1.165, 1.54) is 10.7 Å². The molecule has 7 heteroatoms. The third kappa shape index (κ3) is 3.98. The molecule has 0 saturated carbocycles. The predicted octanol–water partition coefficient (Wildman–Crippen LogP) is 2.11.